The van der Waals surface area contributed by atoms with Crippen molar-refractivity contribution in [3.05, 3.63) is 28.9 Å². The molecule has 18 heavy (non-hydrogen) atoms. The van der Waals surface area contributed by atoms with Crippen molar-refractivity contribution in [1.82, 2.24) is 9.97 Å². The normalized spacial score (nSPS) is 17.4. The average Bonchev–Trinajstić information content (AvgIpc) is 2.74. The molecule has 3 rings (SSSR count). The fraction of sp³-hybridized carbons (Fsp3) is 0.429. The van der Waals surface area contributed by atoms with E-state index in [0.29, 0.717) is 5.82 Å². The minimum atomic E-state index is 0.194. The van der Waals surface area contributed by atoms with E-state index < -0.39 is 0 Å². The maximum Gasteiger partial charge on any atom is 0.133 e. The van der Waals surface area contributed by atoms with Crippen LogP contribution in [-0.4, -0.2) is 9.97 Å². The number of nitrogens with two attached hydrogens (primary N) is 1. The van der Waals surface area contributed by atoms with E-state index >= 15 is 0 Å². The van der Waals surface area contributed by atoms with Crippen molar-refractivity contribution in [2.24, 2.45) is 0 Å². The first-order valence-corrected chi connectivity index (χ1v) is 7.10. The van der Waals surface area contributed by atoms with Gasteiger partial charge in [0.15, 0.2) is 0 Å². The monoisotopic (exact) mass is 259 g/mol. The molecule has 0 amide bonds. The van der Waals surface area contributed by atoms with Crippen LogP contribution in [0, 0.1) is 0 Å². The molecule has 0 saturated carbocycles. The first-order valence-electron chi connectivity index (χ1n) is 6.29. The predicted molar refractivity (Wildman–Crippen MR) is 75.7 cm³/mol. The minimum absolute atomic E-state index is 0.194. The molecule has 3 nitrogen and oxygen atoms in total. The molecule has 0 radical (unpaired) electrons. The molecule has 94 valence electrons. The van der Waals surface area contributed by atoms with Gasteiger partial charge in [0.05, 0.1) is 11.3 Å². The Morgan fingerprint density at radius 2 is 2.22 bits per heavy atom. The summed E-state index contributed by atoms with van der Waals surface area (Å²) in [5.74, 6) is 0.571. The molecule has 0 unspecified atom stereocenters. The van der Waals surface area contributed by atoms with Gasteiger partial charge in [0.1, 0.15) is 10.8 Å². The van der Waals surface area contributed by atoms with Gasteiger partial charge in [-0.3, -0.25) is 0 Å². The van der Waals surface area contributed by atoms with Crippen molar-refractivity contribution < 1.29 is 0 Å². The lowest BCUT2D eigenvalue weighted by molar-refractivity contribution is 0.424. The number of pyridine rings is 1. The first-order chi connectivity index (χ1) is 8.58. The first kappa shape index (κ1) is 11.7. The van der Waals surface area contributed by atoms with Crippen LogP contribution in [0.25, 0.3) is 10.6 Å². The van der Waals surface area contributed by atoms with E-state index in [9.17, 15) is 0 Å². The van der Waals surface area contributed by atoms with Gasteiger partial charge < -0.3 is 5.73 Å². The lowest BCUT2D eigenvalue weighted by atomic mass is 9.79. The molecule has 1 aliphatic carbocycles. The highest BCUT2D eigenvalue weighted by molar-refractivity contribution is 7.15. The SMILES string of the molecule is CC1(C)CCCc2sc(-c3cccnc3N)nc21. The highest BCUT2D eigenvalue weighted by Gasteiger charge is 2.31. The number of hydrogen-bond acceptors (Lipinski definition) is 4. The van der Waals surface area contributed by atoms with Gasteiger partial charge in [-0.2, -0.15) is 0 Å². The molecule has 1 aliphatic rings. The summed E-state index contributed by atoms with van der Waals surface area (Å²) in [7, 11) is 0. The van der Waals surface area contributed by atoms with E-state index in [1.54, 1.807) is 17.5 Å². The number of fused-ring (bicyclic) bond motifs is 1. The van der Waals surface area contributed by atoms with E-state index in [4.69, 9.17) is 10.7 Å². The van der Waals surface area contributed by atoms with E-state index in [0.717, 1.165) is 17.0 Å². The smallest absolute Gasteiger partial charge is 0.133 e. The second kappa shape index (κ2) is 4.05. The summed E-state index contributed by atoms with van der Waals surface area (Å²) in [5, 5.41) is 1.01. The highest BCUT2D eigenvalue weighted by Crippen LogP contribution is 2.42. The summed E-state index contributed by atoms with van der Waals surface area (Å²) >= 11 is 1.77. The molecule has 0 aliphatic heterocycles. The maximum atomic E-state index is 5.93. The quantitative estimate of drug-likeness (QED) is 0.854. The summed E-state index contributed by atoms with van der Waals surface area (Å²) in [5.41, 5.74) is 8.35. The van der Waals surface area contributed by atoms with Crippen LogP contribution in [0.15, 0.2) is 18.3 Å². The summed E-state index contributed by atoms with van der Waals surface area (Å²) < 4.78 is 0. The molecule has 2 aromatic rings. The Morgan fingerprint density at radius 1 is 1.39 bits per heavy atom. The number of nitrogen functional groups attached to an aromatic ring is 1. The topological polar surface area (TPSA) is 51.8 Å². The maximum absolute atomic E-state index is 5.93. The summed E-state index contributed by atoms with van der Waals surface area (Å²) in [6.07, 6.45) is 5.34. The Kier molecular flexibility index (Phi) is 2.63. The Morgan fingerprint density at radius 3 is 2.94 bits per heavy atom. The molecular weight excluding hydrogens is 242 g/mol. The molecular formula is C14H17N3S. The number of nitrogens with zero attached hydrogens (tertiary/aromatic N) is 2. The molecule has 2 aromatic heterocycles. The fourth-order valence-electron chi connectivity index (χ4n) is 2.57. The van der Waals surface area contributed by atoms with Gasteiger partial charge in [-0.25, -0.2) is 9.97 Å². The number of aromatic nitrogens is 2. The lowest BCUT2D eigenvalue weighted by Gasteiger charge is -2.28. The molecule has 4 heteroatoms. The van der Waals surface area contributed by atoms with Gasteiger partial charge in [0.2, 0.25) is 0 Å². The van der Waals surface area contributed by atoms with Gasteiger partial charge in [0.25, 0.3) is 0 Å². The number of anilines is 1. The van der Waals surface area contributed by atoms with E-state index in [-0.39, 0.29) is 5.41 Å². The third kappa shape index (κ3) is 1.81. The molecule has 0 aromatic carbocycles. The van der Waals surface area contributed by atoms with Gasteiger partial charge in [-0.1, -0.05) is 13.8 Å². The van der Waals surface area contributed by atoms with Crippen LogP contribution in [0.4, 0.5) is 5.82 Å². The molecule has 2 N–H and O–H groups in total. The number of rotatable bonds is 1. The van der Waals surface area contributed by atoms with E-state index in [2.05, 4.69) is 18.8 Å². The Bertz CT molecular complexity index is 586. The van der Waals surface area contributed by atoms with Crippen LogP contribution >= 0.6 is 11.3 Å². The molecule has 0 saturated heterocycles. The van der Waals surface area contributed by atoms with Crippen molar-refractivity contribution in [2.45, 2.75) is 38.5 Å². The summed E-state index contributed by atoms with van der Waals surface area (Å²) in [4.78, 5) is 10.4. The van der Waals surface area contributed by atoms with Crippen molar-refractivity contribution in [3.8, 4) is 10.6 Å². The average molecular weight is 259 g/mol. The number of aryl methyl sites for hydroxylation is 1. The van der Waals surface area contributed by atoms with Crippen LogP contribution in [-0.2, 0) is 11.8 Å². The van der Waals surface area contributed by atoms with Gasteiger partial charge >= 0.3 is 0 Å². The third-order valence-electron chi connectivity index (χ3n) is 3.61. The summed E-state index contributed by atoms with van der Waals surface area (Å²) in [6.45, 7) is 4.56. The molecule has 0 spiro atoms. The van der Waals surface area contributed by atoms with Crippen molar-refractivity contribution in [2.75, 3.05) is 5.73 Å². The van der Waals surface area contributed by atoms with Gasteiger partial charge in [0, 0.05) is 16.5 Å². The molecule has 0 fully saturated rings. The van der Waals surface area contributed by atoms with Crippen molar-refractivity contribution >= 4 is 17.2 Å². The van der Waals surface area contributed by atoms with E-state index in [1.165, 1.54) is 23.4 Å². The zero-order valence-corrected chi connectivity index (χ0v) is 11.5. The Labute approximate surface area is 111 Å². The minimum Gasteiger partial charge on any atom is -0.383 e. The number of hydrogen-bond donors (Lipinski definition) is 1. The second-order valence-electron chi connectivity index (χ2n) is 5.46. The molecule has 0 bridgehead atoms. The van der Waals surface area contributed by atoms with Gasteiger partial charge in [-0.05, 0) is 31.4 Å². The largest absolute Gasteiger partial charge is 0.383 e. The van der Waals surface area contributed by atoms with Crippen LogP contribution in [0.3, 0.4) is 0 Å². The van der Waals surface area contributed by atoms with Crippen LogP contribution in [0.5, 0.6) is 0 Å². The highest BCUT2D eigenvalue weighted by atomic mass is 32.1. The van der Waals surface area contributed by atoms with Crippen molar-refractivity contribution in [1.29, 1.82) is 0 Å². The van der Waals surface area contributed by atoms with E-state index in [1.807, 2.05) is 12.1 Å². The van der Waals surface area contributed by atoms with Gasteiger partial charge in [-0.15, -0.1) is 11.3 Å². The predicted octanol–water partition coefficient (Wildman–Crippen LogP) is 3.40. The fourth-order valence-corrected chi connectivity index (χ4v) is 3.89. The molecule has 2 heterocycles. The standard InChI is InChI=1S/C14H17N3S/c1-14(2)7-3-6-10-11(14)17-13(18-10)9-5-4-8-16-12(9)15/h4-5,8H,3,6-7H2,1-2H3,(H2,15,16). The van der Waals surface area contributed by atoms with Crippen LogP contribution in [0.1, 0.15) is 37.3 Å². The number of thiazole rings is 1. The zero-order valence-electron chi connectivity index (χ0n) is 10.7. The molecule has 0 atom stereocenters. The lowest BCUT2D eigenvalue weighted by Crippen LogP contribution is -2.23. The zero-order chi connectivity index (χ0) is 12.8. The van der Waals surface area contributed by atoms with Crippen LogP contribution in [0.2, 0.25) is 0 Å². The summed E-state index contributed by atoms with van der Waals surface area (Å²) in [6, 6.07) is 3.91. The van der Waals surface area contributed by atoms with Crippen molar-refractivity contribution in [3.63, 3.8) is 0 Å². The Balaban J connectivity index is 2.12. The van der Waals surface area contributed by atoms with Crippen LogP contribution < -0.4 is 5.73 Å². The Hall–Kier alpha value is -1.42. The third-order valence-corrected chi connectivity index (χ3v) is 4.76. The second-order valence-corrected chi connectivity index (χ2v) is 6.55.